The Morgan fingerprint density at radius 3 is 2.96 bits per heavy atom. The minimum absolute atomic E-state index is 0.383. The number of nitrogens with one attached hydrogen (secondary N) is 1. The van der Waals surface area contributed by atoms with Crippen molar-refractivity contribution in [2.24, 2.45) is 0 Å². The number of ether oxygens (including phenoxy) is 1. The lowest BCUT2D eigenvalue weighted by atomic mass is 10.2. The van der Waals surface area contributed by atoms with E-state index in [0.29, 0.717) is 17.0 Å². The molecule has 1 unspecified atom stereocenters. The van der Waals surface area contributed by atoms with Gasteiger partial charge in [-0.2, -0.15) is 4.98 Å². The molecule has 1 aromatic heterocycles. The molecule has 0 amide bonds. The number of hydrogen-bond donors (Lipinski definition) is 1. The minimum Gasteiger partial charge on any atom is -0.383 e. The zero-order valence-electron chi connectivity index (χ0n) is 14.8. The van der Waals surface area contributed by atoms with Crippen molar-refractivity contribution in [2.75, 3.05) is 30.5 Å². The second-order valence-electron chi connectivity index (χ2n) is 6.37. The van der Waals surface area contributed by atoms with Crippen LogP contribution in [0.4, 0.5) is 17.5 Å². The van der Waals surface area contributed by atoms with Gasteiger partial charge in [0.25, 0.3) is 0 Å². The van der Waals surface area contributed by atoms with E-state index in [4.69, 9.17) is 21.3 Å². The number of halogens is 1. The molecule has 5 nitrogen and oxygen atoms in total. The van der Waals surface area contributed by atoms with Crippen molar-refractivity contribution in [2.45, 2.75) is 38.6 Å². The van der Waals surface area contributed by atoms with E-state index in [1.165, 1.54) is 0 Å². The summed E-state index contributed by atoms with van der Waals surface area (Å²) >= 11 is 6.08. The van der Waals surface area contributed by atoms with Gasteiger partial charge in [0.05, 0.1) is 12.6 Å². The van der Waals surface area contributed by atoms with Crippen molar-refractivity contribution in [3.05, 3.63) is 41.0 Å². The van der Waals surface area contributed by atoms with Crippen LogP contribution in [0.1, 0.15) is 31.9 Å². The molecule has 2 heterocycles. The van der Waals surface area contributed by atoms with Crippen LogP contribution in [-0.4, -0.2) is 36.3 Å². The first-order valence-corrected chi connectivity index (χ1v) is 9.23. The Hall–Kier alpha value is -1.85. The van der Waals surface area contributed by atoms with Gasteiger partial charge in [0.1, 0.15) is 5.82 Å². The van der Waals surface area contributed by atoms with Crippen LogP contribution in [0.25, 0.3) is 0 Å². The minimum atomic E-state index is 0.383. The molecule has 1 saturated heterocycles. The smallest absolute Gasteiger partial charge is 0.229 e. The Morgan fingerprint density at radius 2 is 2.20 bits per heavy atom. The molecule has 0 bridgehead atoms. The van der Waals surface area contributed by atoms with E-state index in [1.807, 2.05) is 24.3 Å². The van der Waals surface area contributed by atoms with Crippen LogP contribution in [-0.2, 0) is 11.2 Å². The van der Waals surface area contributed by atoms with Crippen LogP contribution in [0.2, 0.25) is 5.02 Å². The summed E-state index contributed by atoms with van der Waals surface area (Å²) in [5, 5.41) is 3.98. The molecule has 1 fully saturated rings. The molecule has 1 aromatic carbocycles. The number of benzene rings is 1. The zero-order valence-corrected chi connectivity index (χ0v) is 15.6. The normalized spacial score (nSPS) is 17.1. The number of methoxy groups -OCH3 is 1. The van der Waals surface area contributed by atoms with Crippen LogP contribution in [0, 0.1) is 0 Å². The van der Waals surface area contributed by atoms with Crippen molar-refractivity contribution >= 4 is 29.1 Å². The summed E-state index contributed by atoms with van der Waals surface area (Å²) < 4.78 is 5.38. The van der Waals surface area contributed by atoms with Crippen molar-refractivity contribution in [3.8, 4) is 0 Å². The van der Waals surface area contributed by atoms with Gasteiger partial charge in [0.2, 0.25) is 5.95 Å². The molecule has 1 aliphatic heterocycles. The van der Waals surface area contributed by atoms with E-state index in [1.54, 1.807) is 7.11 Å². The molecule has 25 heavy (non-hydrogen) atoms. The number of anilines is 3. The Kier molecular flexibility index (Phi) is 6.10. The molecule has 3 rings (SSSR count). The topological polar surface area (TPSA) is 50.3 Å². The van der Waals surface area contributed by atoms with Crippen LogP contribution in [0.5, 0.6) is 0 Å². The fourth-order valence-corrected chi connectivity index (χ4v) is 3.46. The summed E-state index contributed by atoms with van der Waals surface area (Å²) in [4.78, 5) is 11.8. The molecule has 1 N–H and O–H groups in total. The first kappa shape index (κ1) is 18.0. The summed E-state index contributed by atoms with van der Waals surface area (Å²) in [6.07, 6.45) is 4.29. The van der Waals surface area contributed by atoms with Gasteiger partial charge in [-0.05, 0) is 37.5 Å². The Bertz CT molecular complexity index is 710. The maximum Gasteiger partial charge on any atom is 0.229 e. The molecular formula is C19H25ClN4O. The first-order chi connectivity index (χ1) is 12.2. The van der Waals surface area contributed by atoms with E-state index < -0.39 is 0 Å². The molecule has 134 valence electrons. The van der Waals surface area contributed by atoms with Crippen LogP contribution >= 0.6 is 11.6 Å². The Labute approximate surface area is 154 Å². The number of hydrogen-bond acceptors (Lipinski definition) is 5. The molecule has 6 heteroatoms. The van der Waals surface area contributed by atoms with Crippen molar-refractivity contribution in [1.29, 1.82) is 0 Å². The van der Waals surface area contributed by atoms with Gasteiger partial charge in [0.15, 0.2) is 0 Å². The third-order valence-electron chi connectivity index (χ3n) is 4.38. The number of aryl methyl sites for hydroxylation is 1. The molecule has 1 aliphatic rings. The lowest BCUT2D eigenvalue weighted by Crippen LogP contribution is -2.33. The summed E-state index contributed by atoms with van der Waals surface area (Å²) in [5.41, 5.74) is 1.95. The summed E-state index contributed by atoms with van der Waals surface area (Å²) in [5.74, 6) is 1.59. The fourth-order valence-electron chi connectivity index (χ4n) is 3.27. The lowest BCUT2D eigenvalue weighted by molar-refractivity contribution is 0.180. The number of aromatic nitrogens is 2. The first-order valence-electron chi connectivity index (χ1n) is 8.85. The molecule has 0 radical (unpaired) electrons. The Morgan fingerprint density at radius 1 is 1.32 bits per heavy atom. The third kappa shape index (κ3) is 4.61. The number of nitrogens with zero attached hydrogens (tertiary/aromatic N) is 3. The van der Waals surface area contributed by atoms with E-state index in [-0.39, 0.29) is 0 Å². The monoisotopic (exact) mass is 360 g/mol. The van der Waals surface area contributed by atoms with Gasteiger partial charge in [-0.3, -0.25) is 0 Å². The van der Waals surface area contributed by atoms with E-state index in [0.717, 1.165) is 56.0 Å². The second kappa shape index (κ2) is 8.50. The van der Waals surface area contributed by atoms with Gasteiger partial charge >= 0.3 is 0 Å². The highest BCUT2D eigenvalue weighted by Crippen LogP contribution is 2.27. The maximum atomic E-state index is 6.08. The van der Waals surface area contributed by atoms with Crippen LogP contribution in [0.3, 0.4) is 0 Å². The molecule has 0 spiro atoms. The summed E-state index contributed by atoms with van der Waals surface area (Å²) in [7, 11) is 1.76. The molecular weight excluding hydrogens is 336 g/mol. The van der Waals surface area contributed by atoms with Crippen molar-refractivity contribution in [3.63, 3.8) is 0 Å². The van der Waals surface area contributed by atoms with E-state index >= 15 is 0 Å². The highest BCUT2D eigenvalue weighted by atomic mass is 35.5. The van der Waals surface area contributed by atoms with Crippen LogP contribution < -0.4 is 10.2 Å². The number of rotatable bonds is 7. The highest BCUT2D eigenvalue weighted by molar-refractivity contribution is 6.30. The standard InChI is InChI=1S/C19H25ClN4O/c1-3-6-15-12-18(24-10-5-9-17(24)13-25-2)23-19(21-15)22-16-8-4-7-14(20)11-16/h4,7-8,11-12,17H,3,5-6,9-10,13H2,1-2H3,(H,21,22,23). The van der Waals surface area contributed by atoms with Gasteiger partial charge in [-0.15, -0.1) is 0 Å². The van der Waals surface area contributed by atoms with Gasteiger partial charge in [-0.1, -0.05) is 31.0 Å². The van der Waals surface area contributed by atoms with Gasteiger partial charge in [-0.25, -0.2) is 4.98 Å². The molecule has 2 aromatic rings. The third-order valence-corrected chi connectivity index (χ3v) is 4.62. The van der Waals surface area contributed by atoms with Gasteiger partial charge < -0.3 is 15.0 Å². The summed E-state index contributed by atoms with van der Waals surface area (Å²) in [6.45, 7) is 3.90. The van der Waals surface area contributed by atoms with Crippen molar-refractivity contribution < 1.29 is 4.74 Å². The van der Waals surface area contributed by atoms with Crippen LogP contribution in [0.15, 0.2) is 30.3 Å². The predicted octanol–water partition coefficient (Wildman–Crippen LogP) is 4.44. The zero-order chi connectivity index (χ0) is 17.6. The molecule has 1 atom stereocenters. The largest absolute Gasteiger partial charge is 0.383 e. The maximum absolute atomic E-state index is 6.08. The van der Waals surface area contributed by atoms with Crippen molar-refractivity contribution in [1.82, 2.24) is 9.97 Å². The quantitative estimate of drug-likeness (QED) is 0.790. The average molecular weight is 361 g/mol. The Balaban J connectivity index is 1.89. The molecule has 0 aliphatic carbocycles. The summed E-state index contributed by atoms with van der Waals surface area (Å²) in [6, 6.07) is 10.1. The highest BCUT2D eigenvalue weighted by Gasteiger charge is 2.26. The van der Waals surface area contributed by atoms with E-state index in [2.05, 4.69) is 28.2 Å². The predicted molar refractivity (Wildman–Crippen MR) is 103 cm³/mol. The second-order valence-corrected chi connectivity index (χ2v) is 6.81. The molecule has 0 saturated carbocycles. The fraction of sp³-hybridized carbons (Fsp3) is 0.474. The average Bonchev–Trinajstić information content (AvgIpc) is 3.04. The van der Waals surface area contributed by atoms with E-state index in [9.17, 15) is 0 Å². The SMILES string of the molecule is CCCc1cc(N2CCCC2COC)nc(Nc2cccc(Cl)c2)n1. The lowest BCUT2D eigenvalue weighted by Gasteiger charge is -2.26. The van der Waals surface area contributed by atoms with Gasteiger partial charge in [0, 0.05) is 36.1 Å².